The first-order valence-electron chi connectivity index (χ1n) is 8.45. The Labute approximate surface area is 179 Å². The molecule has 1 aliphatic rings. The summed E-state index contributed by atoms with van der Waals surface area (Å²) in [5, 5.41) is 5.26. The second-order valence-electron chi connectivity index (χ2n) is 5.85. The van der Waals surface area contributed by atoms with Gasteiger partial charge in [-0.2, -0.15) is 0 Å². The van der Waals surface area contributed by atoms with Gasteiger partial charge in [-0.15, -0.1) is 37.2 Å². The van der Waals surface area contributed by atoms with E-state index < -0.39 is 0 Å². The molecule has 0 unspecified atom stereocenters. The van der Waals surface area contributed by atoms with Crippen molar-refractivity contribution in [1.29, 1.82) is 0 Å². The largest absolute Gasteiger partial charge is 0.369 e. The van der Waals surface area contributed by atoms with Crippen molar-refractivity contribution in [3.8, 4) is 0 Å². The molecule has 156 valence electrons. The van der Waals surface area contributed by atoms with Gasteiger partial charge in [-0.05, 0) is 25.1 Å². The Kier molecular flexibility index (Phi) is 16.3. The van der Waals surface area contributed by atoms with Gasteiger partial charge in [-0.1, -0.05) is 18.2 Å². The molecule has 27 heavy (non-hydrogen) atoms. The molecule has 1 saturated heterocycles. The van der Waals surface area contributed by atoms with Gasteiger partial charge in [0.05, 0.1) is 13.1 Å². The van der Waals surface area contributed by atoms with Crippen molar-refractivity contribution in [2.24, 2.45) is 5.73 Å². The quantitative estimate of drug-likeness (QED) is 0.514. The van der Waals surface area contributed by atoms with E-state index in [1.807, 2.05) is 6.07 Å². The standard InChI is InChI=1S/C17H27N5O2.3ClH/c18-13-16(23)20-14-17(24)19-7-4-8-21-9-11-22(12-10-21)15-5-2-1-3-6-15;;;/h1-3,5-6H,4,7-14,18H2,(H,19,24)(H,20,23);3*1H. The zero-order chi connectivity index (χ0) is 17.2. The number of piperazine rings is 1. The number of anilines is 1. The monoisotopic (exact) mass is 441 g/mol. The minimum atomic E-state index is -0.318. The van der Waals surface area contributed by atoms with Crippen molar-refractivity contribution < 1.29 is 9.59 Å². The molecule has 0 aromatic heterocycles. The smallest absolute Gasteiger partial charge is 0.239 e. The predicted octanol–water partition coefficient (Wildman–Crippen LogP) is 0.655. The van der Waals surface area contributed by atoms with Crippen LogP contribution in [0.4, 0.5) is 5.69 Å². The fourth-order valence-corrected chi connectivity index (χ4v) is 2.71. The van der Waals surface area contributed by atoms with E-state index in [1.165, 1.54) is 5.69 Å². The zero-order valence-electron chi connectivity index (χ0n) is 15.3. The number of nitrogens with one attached hydrogen (secondary N) is 2. The van der Waals surface area contributed by atoms with Crippen LogP contribution in [0.1, 0.15) is 6.42 Å². The molecule has 0 bridgehead atoms. The molecule has 1 fully saturated rings. The van der Waals surface area contributed by atoms with Gasteiger partial charge < -0.3 is 21.3 Å². The highest BCUT2D eigenvalue weighted by molar-refractivity contribution is 5.86. The Morgan fingerprint density at radius 2 is 1.56 bits per heavy atom. The van der Waals surface area contributed by atoms with Crippen molar-refractivity contribution in [2.75, 3.05) is 57.3 Å². The maximum atomic E-state index is 11.5. The van der Waals surface area contributed by atoms with Crippen LogP contribution in [0.3, 0.4) is 0 Å². The van der Waals surface area contributed by atoms with Crippen LogP contribution in [-0.4, -0.2) is 69.1 Å². The topological polar surface area (TPSA) is 90.7 Å². The first-order chi connectivity index (χ1) is 11.7. The summed E-state index contributed by atoms with van der Waals surface area (Å²) in [6.45, 7) is 5.62. The normalized spacial score (nSPS) is 13.4. The fourth-order valence-electron chi connectivity index (χ4n) is 2.71. The van der Waals surface area contributed by atoms with Gasteiger partial charge in [-0.25, -0.2) is 0 Å². The maximum Gasteiger partial charge on any atom is 0.239 e. The zero-order valence-corrected chi connectivity index (χ0v) is 17.7. The highest BCUT2D eigenvalue weighted by atomic mass is 35.5. The van der Waals surface area contributed by atoms with E-state index in [4.69, 9.17) is 5.73 Å². The summed E-state index contributed by atoms with van der Waals surface area (Å²) in [4.78, 5) is 27.3. The Morgan fingerprint density at radius 1 is 0.926 bits per heavy atom. The number of hydrogen-bond acceptors (Lipinski definition) is 5. The second kappa shape index (κ2) is 15.8. The number of para-hydroxylation sites is 1. The molecule has 1 aromatic rings. The van der Waals surface area contributed by atoms with Crippen LogP contribution in [0.15, 0.2) is 30.3 Å². The van der Waals surface area contributed by atoms with E-state index >= 15 is 0 Å². The molecule has 10 heteroatoms. The van der Waals surface area contributed by atoms with E-state index in [0.717, 1.165) is 39.1 Å². The molecule has 0 radical (unpaired) electrons. The first kappa shape index (κ1) is 28.0. The van der Waals surface area contributed by atoms with E-state index in [-0.39, 0.29) is 62.1 Å². The summed E-state index contributed by atoms with van der Waals surface area (Å²) in [6, 6.07) is 10.5. The summed E-state index contributed by atoms with van der Waals surface area (Å²) in [6.07, 6.45) is 0.905. The summed E-state index contributed by atoms with van der Waals surface area (Å²) in [5.41, 5.74) is 6.44. The minimum Gasteiger partial charge on any atom is -0.369 e. The molecule has 1 heterocycles. The molecule has 2 rings (SSSR count). The lowest BCUT2D eigenvalue weighted by Gasteiger charge is -2.36. The number of halogens is 3. The third-order valence-electron chi connectivity index (χ3n) is 4.10. The lowest BCUT2D eigenvalue weighted by Crippen LogP contribution is -2.47. The first-order valence-corrected chi connectivity index (χ1v) is 8.45. The number of nitrogens with zero attached hydrogens (tertiary/aromatic N) is 2. The molecule has 0 saturated carbocycles. The Hall–Kier alpha value is -1.25. The molecule has 1 aromatic carbocycles. The molecule has 7 nitrogen and oxygen atoms in total. The number of hydrogen-bond donors (Lipinski definition) is 3. The number of carbonyl (C=O) groups is 2. The highest BCUT2D eigenvalue weighted by Gasteiger charge is 2.16. The van der Waals surface area contributed by atoms with E-state index in [1.54, 1.807) is 0 Å². The van der Waals surface area contributed by atoms with Gasteiger partial charge in [-0.3, -0.25) is 14.5 Å². The Balaban J connectivity index is 0. The second-order valence-corrected chi connectivity index (χ2v) is 5.85. The molecule has 2 amide bonds. The van der Waals surface area contributed by atoms with Crippen molar-refractivity contribution in [3.05, 3.63) is 30.3 Å². The Bertz CT molecular complexity index is 529. The van der Waals surface area contributed by atoms with E-state index in [0.29, 0.717) is 6.54 Å². The summed E-state index contributed by atoms with van der Waals surface area (Å²) >= 11 is 0. The van der Waals surface area contributed by atoms with Gasteiger partial charge in [0.25, 0.3) is 0 Å². The van der Waals surface area contributed by atoms with Crippen LogP contribution in [0.2, 0.25) is 0 Å². The van der Waals surface area contributed by atoms with Crippen molar-refractivity contribution in [2.45, 2.75) is 6.42 Å². The molecule has 0 atom stereocenters. The molecular weight excluding hydrogens is 413 g/mol. The lowest BCUT2D eigenvalue weighted by atomic mass is 10.2. The van der Waals surface area contributed by atoms with Crippen LogP contribution in [0.25, 0.3) is 0 Å². The maximum absolute atomic E-state index is 11.5. The third kappa shape index (κ3) is 10.6. The van der Waals surface area contributed by atoms with Crippen molar-refractivity contribution in [1.82, 2.24) is 15.5 Å². The van der Waals surface area contributed by atoms with E-state index in [2.05, 4.69) is 44.7 Å². The van der Waals surface area contributed by atoms with Gasteiger partial charge in [0, 0.05) is 38.4 Å². The van der Waals surface area contributed by atoms with Crippen LogP contribution in [0, 0.1) is 0 Å². The summed E-state index contributed by atoms with van der Waals surface area (Å²) in [5.74, 6) is -0.493. The molecule has 4 N–H and O–H groups in total. The van der Waals surface area contributed by atoms with Gasteiger partial charge >= 0.3 is 0 Å². The minimum absolute atomic E-state index is 0. The molecule has 0 aliphatic carbocycles. The molecular formula is C17H30Cl3N5O2. The van der Waals surface area contributed by atoms with Gasteiger partial charge in [0.1, 0.15) is 0 Å². The number of nitrogens with two attached hydrogens (primary N) is 1. The van der Waals surface area contributed by atoms with Crippen LogP contribution in [-0.2, 0) is 9.59 Å². The number of rotatable bonds is 8. The number of benzene rings is 1. The summed E-state index contributed by atoms with van der Waals surface area (Å²) in [7, 11) is 0. The van der Waals surface area contributed by atoms with Crippen LogP contribution in [0.5, 0.6) is 0 Å². The lowest BCUT2D eigenvalue weighted by molar-refractivity contribution is -0.125. The average Bonchev–Trinajstić information content (AvgIpc) is 2.64. The van der Waals surface area contributed by atoms with Gasteiger partial charge in [0.2, 0.25) is 11.8 Å². The van der Waals surface area contributed by atoms with Gasteiger partial charge in [0.15, 0.2) is 0 Å². The predicted molar refractivity (Wildman–Crippen MR) is 117 cm³/mol. The third-order valence-corrected chi connectivity index (χ3v) is 4.10. The fraction of sp³-hybridized carbons (Fsp3) is 0.529. The number of carbonyl (C=O) groups excluding carboxylic acids is 2. The average molecular weight is 443 g/mol. The molecule has 1 aliphatic heterocycles. The van der Waals surface area contributed by atoms with E-state index in [9.17, 15) is 9.59 Å². The number of amides is 2. The SMILES string of the molecule is Cl.Cl.Cl.NCC(=O)NCC(=O)NCCCN1CCN(c2ccccc2)CC1. The molecule has 0 spiro atoms. The van der Waals surface area contributed by atoms with Crippen LogP contribution < -0.4 is 21.3 Å². The van der Waals surface area contributed by atoms with Crippen molar-refractivity contribution in [3.63, 3.8) is 0 Å². The summed E-state index contributed by atoms with van der Waals surface area (Å²) < 4.78 is 0. The highest BCUT2D eigenvalue weighted by Crippen LogP contribution is 2.15. The van der Waals surface area contributed by atoms with Crippen LogP contribution >= 0.6 is 37.2 Å². The Morgan fingerprint density at radius 3 is 2.15 bits per heavy atom. The van der Waals surface area contributed by atoms with Crippen molar-refractivity contribution >= 4 is 54.7 Å².